The van der Waals surface area contributed by atoms with Gasteiger partial charge in [0.25, 0.3) is 0 Å². The van der Waals surface area contributed by atoms with Crippen molar-refractivity contribution in [1.29, 1.82) is 0 Å². The Morgan fingerprint density at radius 1 is 1.09 bits per heavy atom. The molecular weight excluding hydrogens is 294 g/mol. The standard InChI is InChI=1S/C19H18ClNO/c1-2-9-21-11-16-14-5-3-4-6-18(14)22-19-8-7-13(20)10-15(19)17(16)12-21/h2-8,10,16-17H,1,9,11-12H2/t16-,17-/m1/s1. The van der Waals surface area contributed by atoms with Gasteiger partial charge in [0, 0.05) is 42.1 Å². The van der Waals surface area contributed by atoms with Crippen LogP contribution in [-0.2, 0) is 0 Å². The number of hydrogen-bond acceptors (Lipinski definition) is 2. The largest absolute Gasteiger partial charge is 0.457 e. The van der Waals surface area contributed by atoms with Crippen LogP contribution in [0.25, 0.3) is 0 Å². The molecule has 22 heavy (non-hydrogen) atoms. The second kappa shape index (κ2) is 5.45. The second-order valence-electron chi connectivity index (χ2n) is 6.04. The summed E-state index contributed by atoms with van der Waals surface area (Å²) in [6.45, 7) is 6.84. The lowest BCUT2D eigenvalue weighted by atomic mass is 9.84. The number of rotatable bonds is 2. The van der Waals surface area contributed by atoms with Crippen LogP contribution in [0.15, 0.2) is 55.1 Å². The molecular formula is C19H18ClNO. The average Bonchev–Trinajstić information content (AvgIpc) is 2.89. The van der Waals surface area contributed by atoms with Gasteiger partial charge in [-0.2, -0.15) is 0 Å². The molecule has 0 radical (unpaired) electrons. The number of nitrogens with zero attached hydrogens (tertiary/aromatic N) is 1. The topological polar surface area (TPSA) is 12.5 Å². The fourth-order valence-electron chi connectivity index (χ4n) is 3.75. The Balaban J connectivity index is 1.86. The van der Waals surface area contributed by atoms with Crippen LogP contribution in [0.4, 0.5) is 0 Å². The minimum atomic E-state index is 0.414. The lowest BCUT2D eigenvalue weighted by molar-refractivity contribution is 0.365. The molecule has 2 atom stereocenters. The van der Waals surface area contributed by atoms with Crippen molar-refractivity contribution in [3.8, 4) is 11.5 Å². The first-order chi connectivity index (χ1) is 10.8. The highest BCUT2D eigenvalue weighted by molar-refractivity contribution is 6.30. The van der Waals surface area contributed by atoms with Gasteiger partial charge in [-0.05, 0) is 29.8 Å². The van der Waals surface area contributed by atoms with Gasteiger partial charge in [0.05, 0.1) is 0 Å². The van der Waals surface area contributed by atoms with E-state index < -0.39 is 0 Å². The second-order valence-corrected chi connectivity index (χ2v) is 6.48. The van der Waals surface area contributed by atoms with Crippen LogP contribution >= 0.6 is 11.6 Å². The number of halogens is 1. The van der Waals surface area contributed by atoms with E-state index in [0.717, 1.165) is 36.2 Å². The molecule has 0 bridgehead atoms. The predicted molar refractivity (Wildman–Crippen MR) is 90.1 cm³/mol. The highest BCUT2D eigenvalue weighted by atomic mass is 35.5. The Morgan fingerprint density at radius 2 is 1.82 bits per heavy atom. The third-order valence-corrected chi connectivity index (χ3v) is 4.93. The predicted octanol–water partition coefficient (Wildman–Crippen LogP) is 4.81. The fourth-order valence-corrected chi connectivity index (χ4v) is 3.93. The molecule has 0 amide bonds. The Bertz CT molecular complexity index is 727. The summed E-state index contributed by atoms with van der Waals surface area (Å²) in [6.07, 6.45) is 1.98. The number of fused-ring (bicyclic) bond motifs is 5. The van der Waals surface area contributed by atoms with Crippen LogP contribution in [0.2, 0.25) is 5.02 Å². The lowest BCUT2D eigenvalue weighted by Crippen LogP contribution is -2.20. The highest BCUT2D eigenvalue weighted by Crippen LogP contribution is 2.50. The van der Waals surface area contributed by atoms with Gasteiger partial charge in [-0.1, -0.05) is 35.9 Å². The maximum absolute atomic E-state index is 6.24. The Morgan fingerprint density at radius 3 is 2.64 bits per heavy atom. The van der Waals surface area contributed by atoms with Crippen LogP contribution < -0.4 is 4.74 Å². The molecule has 112 valence electrons. The first kappa shape index (κ1) is 13.9. The van der Waals surface area contributed by atoms with Crippen molar-refractivity contribution in [3.63, 3.8) is 0 Å². The summed E-state index contributed by atoms with van der Waals surface area (Å²) in [6, 6.07) is 14.3. The van der Waals surface area contributed by atoms with E-state index in [1.165, 1.54) is 11.1 Å². The normalized spacial score (nSPS) is 23.0. The van der Waals surface area contributed by atoms with Crippen LogP contribution in [0.5, 0.6) is 11.5 Å². The Kier molecular flexibility index (Phi) is 3.44. The molecule has 0 N–H and O–H groups in total. The minimum Gasteiger partial charge on any atom is -0.457 e. The van der Waals surface area contributed by atoms with E-state index in [1.807, 2.05) is 24.3 Å². The van der Waals surface area contributed by atoms with E-state index in [2.05, 4.69) is 35.7 Å². The van der Waals surface area contributed by atoms with Crippen LogP contribution in [0.1, 0.15) is 23.0 Å². The molecule has 2 aromatic rings. The van der Waals surface area contributed by atoms with E-state index >= 15 is 0 Å². The third-order valence-electron chi connectivity index (χ3n) is 4.69. The van der Waals surface area contributed by atoms with Crippen molar-refractivity contribution in [2.24, 2.45) is 0 Å². The molecule has 1 fully saturated rings. The van der Waals surface area contributed by atoms with Crippen molar-refractivity contribution < 1.29 is 4.74 Å². The van der Waals surface area contributed by atoms with Gasteiger partial charge in [0.2, 0.25) is 0 Å². The van der Waals surface area contributed by atoms with E-state index in [1.54, 1.807) is 0 Å². The maximum Gasteiger partial charge on any atom is 0.131 e. The van der Waals surface area contributed by atoms with Crippen molar-refractivity contribution in [3.05, 3.63) is 71.3 Å². The van der Waals surface area contributed by atoms with Gasteiger partial charge in [-0.3, -0.25) is 4.90 Å². The molecule has 2 aromatic carbocycles. The molecule has 2 nitrogen and oxygen atoms in total. The van der Waals surface area contributed by atoms with E-state index in [-0.39, 0.29) is 0 Å². The summed E-state index contributed by atoms with van der Waals surface area (Å²) in [5.74, 6) is 2.76. The lowest BCUT2D eigenvalue weighted by Gasteiger charge is -2.17. The van der Waals surface area contributed by atoms with E-state index in [4.69, 9.17) is 16.3 Å². The van der Waals surface area contributed by atoms with Crippen molar-refractivity contribution in [2.45, 2.75) is 11.8 Å². The fraction of sp³-hybridized carbons (Fsp3) is 0.263. The Labute approximate surface area is 136 Å². The van der Waals surface area contributed by atoms with Crippen LogP contribution in [0, 0.1) is 0 Å². The summed E-state index contributed by atoms with van der Waals surface area (Å²) in [5.41, 5.74) is 2.52. The van der Waals surface area contributed by atoms with Crippen LogP contribution in [0.3, 0.4) is 0 Å². The Hall–Kier alpha value is -1.77. The number of ether oxygens (including phenoxy) is 1. The summed E-state index contributed by atoms with van der Waals surface area (Å²) >= 11 is 6.24. The molecule has 1 saturated heterocycles. The summed E-state index contributed by atoms with van der Waals surface area (Å²) in [4.78, 5) is 2.45. The van der Waals surface area contributed by atoms with Crippen LogP contribution in [-0.4, -0.2) is 24.5 Å². The number of likely N-dealkylation sites (tertiary alicyclic amines) is 1. The summed E-state index contributed by atoms with van der Waals surface area (Å²) in [5, 5.41) is 0.772. The SMILES string of the molecule is C=CCN1C[C@@H]2c3ccccc3Oc3ccc(Cl)cc3[C@H]2C1. The molecule has 4 rings (SSSR count). The molecule has 0 unspecified atom stereocenters. The molecule has 0 saturated carbocycles. The van der Waals surface area contributed by atoms with Gasteiger partial charge in [0.15, 0.2) is 0 Å². The molecule has 2 aliphatic heterocycles. The zero-order valence-electron chi connectivity index (χ0n) is 12.3. The van der Waals surface area contributed by atoms with Gasteiger partial charge in [-0.15, -0.1) is 6.58 Å². The number of hydrogen-bond donors (Lipinski definition) is 0. The zero-order valence-corrected chi connectivity index (χ0v) is 13.1. The zero-order chi connectivity index (χ0) is 15.1. The highest BCUT2D eigenvalue weighted by Gasteiger charge is 2.39. The molecule has 0 aromatic heterocycles. The molecule has 2 heterocycles. The van der Waals surface area contributed by atoms with Gasteiger partial charge < -0.3 is 4.74 Å². The number of benzene rings is 2. The van der Waals surface area contributed by atoms with Gasteiger partial charge >= 0.3 is 0 Å². The smallest absolute Gasteiger partial charge is 0.131 e. The molecule has 0 spiro atoms. The first-order valence-corrected chi connectivity index (χ1v) is 8.03. The third kappa shape index (κ3) is 2.23. The van der Waals surface area contributed by atoms with E-state index in [9.17, 15) is 0 Å². The van der Waals surface area contributed by atoms with Gasteiger partial charge in [-0.25, -0.2) is 0 Å². The quantitative estimate of drug-likeness (QED) is 0.738. The van der Waals surface area contributed by atoms with Crippen molar-refractivity contribution >= 4 is 11.6 Å². The maximum atomic E-state index is 6.24. The molecule has 3 heteroatoms. The van der Waals surface area contributed by atoms with Crippen molar-refractivity contribution in [2.75, 3.05) is 19.6 Å². The minimum absolute atomic E-state index is 0.414. The molecule has 0 aliphatic carbocycles. The molecule has 2 aliphatic rings. The average molecular weight is 312 g/mol. The number of para-hydroxylation sites is 1. The summed E-state index contributed by atoms with van der Waals surface area (Å²) < 4.78 is 6.19. The van der Waals surface area contributed by atoms with Gasteiger partial charge in [0.1, 0.15) is 11.5 Å². The monoisotopic (exact) mass is 311 g/mol. The van der Waals surface area contributed by atoms with E-state index in [0.29, 0.717) is 11.8 Å². The summed E-state index contributed by atoms with van der Waals surface area (Å²) in [7, 11) is 0. The first-order valence-electron chi connectivity index (χ1n) is 7.65. The van der Waals surface area contributed by atoms with Crippen molar-refractivity contribution in [1.82, 2.24) is 4.90 Å².